The molecule has 0 aromatic heterocycles. The lowest BCUT2D eigenvalue weighted by atomic mass is 10.1. The quantitative estimate of drug-likeness (QED) is 0.523. The first-order valence-corrected chi connectivity index (χ1v) is 5.55. The van der Waals surface area contributed by atoms with Gasteiger partial charge < -0.3 is 4.74 Å². The lowest BCUT2D eigenvalue weighted by Gasteiger charge is -2.11. The summed E-state index contributed by atoms with van der Waals surface area (Å²) >= 11 is 4.15. The maximum absolute atomic E-state index is 11.4. The number of fused-ring (bicyclic) bond motifs is 3. The van der Waals surface area contributed by atoms with Gasteiger partial charge in [0.25, 0.3) is 0 Å². The highest BCUT2D eigenvalue weighted by molar-refractivity contribution is 7.99. The average Bonchev–Trinajstić information content (AvgIpc) is 2.79. The Balaban J connectivity index is 2.22. The zero-order chi connectivity index (χ0) is 9.00. The lowest BCUT2D eigenvalue weighted by Crippen LogP contribution is -1.97. The molecule has 66 valence electrons. The molecule has 2 nitrogen and oxygen atoms in total. The Morgan fingerprint density at radius 1 is 1.38 bits per heavy atom. The number of hydrogen-bond acceptors (Lipinski definition) is 3. The summed E-state index contributed by atoms with van der Waals surface area (Å²) in [5.41, 5.74) is 1.02. The summed E-state index contributed by atoms with van der Waals surface area (Å²) in [5, 5.41) is 0.569. The van der Waals surface area contributed by atoms with Crippen molar-refractivity contribution in [1.29, 1.82) is 0 Å². The largest absolute Gasteiger partial charge is 0.449 e. The molecule has 4 heteroatoms. The van der Waals surface area contributed by atoms with Crippen LogP contribution in [-0.2, 0) is 10.8 Å². The third kappa shape index (κ3) is 0.928. The van der Waals surface area contributed by atoms with Crippen LogP contribution in [0.15, 0.2) is 34.3 Å². The van der Waals surface area contributed by atoms with Crippen LogP contribution in [0.5, 0.6) is 5.75 Å². The van der Waals surface area contributed by atoms with Crippen molar-refractivity contribution in [3.8, 4) is 5.75 Å². The molecular weight excluding hydrogens is 204 g/mol. The molecule has 1 saturated heterocycles. The molecule has 0 amide bonds. The summed E-state index contributed by atoms with van der Waals surface area (Å²) in [6, 6.07) is 7.65. The maximum Gasteiger partial charge on any atom is 0.171 e. The van der Waals surface area contributed by atoms with Gasteiger partial charge in [-0.2, -0.15) is 0 Å². The fourth-order valence-electron chi connectivity index (χ4n) is 1.56. The summed E-state index contributed by atoms with van der Waals surface area (Å²) in [6.07, 6.45) is 0. The highest BCUT2D eigenvalue weighted by Crippen LogP contribution is 2.56. The molecule has 0 radical (unpaired) electrons. The summed E-state index contributed by atoms with van der Waals surface area (Å²) in [5.74, 6) is 0.784. The number of benzene rings is 1. The van der Waals surface area contributed by atoms with Crippen LogP contribution in [-0.4, -0.2) is 4.21 Å². The van der Waals surface area contributed by atoms with E-state index >= 15 is 0 Å². The molecule has 3 rings (SSSR count). The first kappa shape index (κ1) is 7.64. The van der Waals surface area contributed by atoms with Gasteiger partial charge >= 0.3 is 0 Å². The highest BCUT2D eigenvalue weighted by Gasteiger charge is 2.49. The van der Waals surface area contributed by atoms with Crippen LogP contribution >= 0.6 is 12.6 Å². The molecule has 1 aromatic rings. The van der Waals surface area contributed by atoms with E-state index in [0.717, 1.165) is 16.2 Å². The second-order valence-electron chi connectivity index (χ2n) is 2.99. The topological polar surface area (TPSA) is 26.3 Å². The van der Waals surface area contributed by atoms with Crippen molar-refractivity contribution < 1.29 is 8.95 Å². The normalized spacial score (nSPS) is 29.0. The van der Waals surface area contributed by atoms with Gasteiger partial charge in [0, 0.05) is 5.56 Å². The van der Waals surface area contributed by atoms with Gasteiger partial charge in [-0.3, -0.25) is 4.21 Å². The Bertz CT molecular complexity index is 451. The fourth-order valence-corrected chi connectivity index (χ4v) is 3.46. The number of hydrogen-bond donors (Lipinski definition) is 1. The first-order valence-electron chi connectivity index (χ1n) is 3.89. The fraction of sp³-hybridized carbons (Fsp3) is 0.111. The van der Waals surface area contributed by atoms with Crippen LogP contribution in [0.1, 0.15) is 10.8 Å². The molecule has 2 aliphatic heterocycles. The van der Waals surface area contributed by atoms with Gasteiger partial charge in [0.1, 0.15) is 11.0 Å². The van der Waals surface area contributed by atoms with Crippen LogP contribution < -0.4 is 4.74 Å². The summed E-state index contributed by atoms with van der Waals surface area (Å²) in [6.45, 7) is 0. The van der Waals surface area contributed by atoms with Crippen LogP contribution in [0.3, 0.4) is 0 Å². The predicted molar refractivity (Wildman–Crippen MR) is 54.0 cm³/mol. The van der Waals surface area contributed by atoms with Crippen molar-refractivity contribution in [2.75, 3.05) is 0 Å². The van der Waals surface area contributed by atoms with Gasteiger partial charge in [0.2, 0.25) is 0 Å². The average molecular weight is 210 g/mol. The SMILES string of the molecule is O=S1C2=C(S)Oc3ccccc3C21. The maximum atomic E-state index is 11.4. The Labute approximate surface area is 83.5 Å². The van der Waals surface area contributed by atoms with Gasteiger partial charge in [0.15, 0.2) is 5.09 Å². The molecule has 1 fully saturated rings. The van der Waals surface area contributed by atoms with E-state index in [1.807, 2.05) is 24.3 Å². The van der Waals surface area contributed by atoms with Crippen molar-refractivity contribution in [3.05, 3.63) is 39.8 Å². The van der Waals surface area contributed by atoms with Gasteiger partial charge in [-0.1, -0.05) is 18.2 Å². The first-order chi connectivity index (χ1) is 6.29. The molecule has 2 unspecified atom stereocenters. The van der Waals surface area contributed by atoms with E-state index in [0.29, 0.717) is 5.09 Å². The Kier molecular flexibility index (Phi) is 1.41. The monoisotopic (exact) mass is 210 g/mol. The van der Waals surface area contributed by atoms with Crippen LogP contribution in [0.4, 0.5) is 0 Å². The highest BCUT2D eigenvalue weighted by atomic mass is 32.2. The molecular formula is C9H6O2S2. The smallest absolute Gasteiger partial charge is 0.171 e. The van der Waals surface area contributed by atoms with E-state index in [-0.39, 0.29) is 5.25 Å². The molecule has 0 spiro atoms. The minimum Gasteiger partial charge on any atom is -0.449 e. The summed E-state index contributed by atoms with van der Waals surface area (Å²) in [7, 11) is -0.887. The van der Waals surface area contributed by atoms with E-state index < -0.39 is 10.8 Å². The zero-order valence-corrected chi connectivity index (χ0v) is 8.27. The molecule has 0 bridgehead atoms. The van der Waals surface area contributed by atoms with Gasteiger partial charge in [-0.25, -0.2) is 0 Å². The lowest BCUT2D eigenvalue weighted by molar-refractivity contribution is 0.452. The second-order valence-corrected chi connectivity index (χ2v) is 4.90. The van der Waals surface area contributed by atoms with E-state index in [4.69, 9.17) is 4.74 Å². The van der Waals surface area contributed by atoms with Gasteiger partial charge in [0.05, 0.1) is 15.7 Å². The number of para-hydroxylation sites is 1. The van der Waals surface area contributed by atoms with Crippen molar-refractivity contribution >= 4 is 23.4 Å². The third-order valence-corrected chi connectivity index (χ3v) is 4.23. The zero-order valence-electron chi connectivity index (χ0n) is 6.56. The number of rotatable bonds is 0. The molecule has 13 heavy (non-hydrogen) atoms. The number of thiol groups is 1. The molecule has 1 aromatic carbocycles. The molecule has 2 atom stereocenters. The van der Waals surface area contributed by atoms with Crippen LogP contribution in [0.2, 0.25) is 0 Å². The minimum absolute atomic E-state index is 0.0532. The van der Waals surface area contributed by atoms with E-state index in [9.17, 15) is 4.21 Å². The van der Waals surface area contributed by atoms with Crippen molar-refractivity contribution in [2.24, 2.45) is 0 Å². The van der Waals surface area contributed by atoms with Gasteiger partial charge in [-0.05, 0) is 6.07 Å². The van der Waals surface area contributed by atoms with E-state index in [1.54, 1.807) is 0 Å². The van der Waals surface area contributed by atoms with Crippen molar-refractivity contribution in [2.45, 2.75) is 5.25 Å². The Morgan fingerprint density at radius 3 is 3.00 bits per heavy atom. The Morgan fingerprint density at radius 2 is 2.15 bits per heavy atom. The van der Waals surface area contributed by atoms with Crippen molar-refractivity contribution in [3.63, 3.8) is 0 Å². The second kappa shape index (κ2) is 2.39. The minimum atomic E-state index is -0.887. The third-order valence-electron chi connectivity index (χ3n) is 2.23. The van der Waals surface area contributed by atoms with Crippen LogP contribution in [0, 0.1) is 0 Å². The molecule has 0 N–H and O–H groups in total. The van der Waals surface area contributed by atoms with E-state index in [2.05, 4.69) is 12.6 Å². The summed E-state index contributed by atoms with van der Waals surface area (Å²) in [4.78, 5) is 0.835. The molecule has 2 heterocycles. The standard InChI is InChI=1S/C9H6O2S2/c10-13-7-5-3-1-2-4-6(5)11-9(12)8(7)13/h1-4,7,12H. The molecule has 0 aliphatic carbocycles. The Hall–Kier alpha value is -0.740. The number of ether oxygens (including phenoxy) is 1. The van der Waals surface area contributed by atoms with E-state index in [1.165, 1.54) is 0 Å². The van der Waals surface area contributed by atoms with Crippen molar-refractivity contribution in [1.82, 2.24) is 0 Å². The van der Waals surface area contributed by atoms with Crippen LogP contribution in [0.25, 0.3) is 0 Å². The molecule has 0 saturated carbocycles. The molecule has 2 aliphatic rings. The van der Waals surface area contributed by atoms with Gasteiger partial charge in [-0.15, -0.1) is 12.6 Å². The summed E-state index contributed by atoms with van der Waals surface area (Å²) < 4.78 is 16.8. The predicted octanol–water partition coefficient (Wildman–Crippen LogP) is 1.98.